The highest BCUT2D eigenvalue weighted by Crippen LogP contribution is 2.36. The van der Waals surface area contributed by atoms with Gasteiger partial charge < -0.3 is 10.8 Å². The van der Waals surface area contributed by atoms with Gasteiger partial charge in [-0.05, 0) is 56.0 Å². The Bertz CT molecular complexity index is 386. The van der Waals surface area contributed by atoms with Crippen molar-refractivity contribution in [3.05, 3.63) is 26.6 Å². The Morgan fingerprint density at radius 1 is 1.24 bits per heavy atom. The van der Waals surface area contributed by atoms with Crippen LogP contribution in [0.1, 0.15) is 24.4 Å². The van der Waals surface area contributed by atoms with E-state index in [0.717, 1.165) is 0 Å². The topological polar surface area (TPSA) is 46.2 Å². The lowest BCUT2D eigenvalue weighted by Crippen LogP contribution is -2.15. The van der Waals surface area contributed by atoms with Gasteiger partial charge in [-0.1, -0.05) is 0 Å². The maximum absolute atomic E-state index is 12.0. The summed E-state index contributed by atoms with van der Waals surface area (Å²) in [6.45, 7) is 0. The molecule has 0 aliphatic carbocycles. The quantitative estimate of drug-likeness (QED) is 0.827. The molecule has 0 unspecified atom stereocenters. The Labute approximate surface area is 113 Å². The molecule has 0 saturated carbocycles. The molecule has 0 saturated heterocycles. The molecule has 1 rings (SSSR count). The molecule has 0 amide bonds. The van der Waals surface area contributed by atoms with Crippen LogP contribution in [0.5, 0.6) is 5.75 Å². The van der Waals surface area contributed by atoms with Crippen LogP contribution >= 0.6 is 31.9 Å². The molecule has 1 aromatic rings. The molecule has 7 heteroatoms. The standard InChI is InChI=1S/C10H10Br2F3NO/c11-6-3-5(4-7(12)9(6)17)8(16)1-2-10(13,14)15/h3-4,8,17H,1-2,16H2/t8-/m1/s1. The number of phenols is 1. The lowest BCUT2D eigenvalue weighted by Gasteiger charge is -2.15. The third-order valence-electron chi connectivity index (χ3n) is 2.21. The number of aromatic hydroxyl groups is 1. The molecule has 0 aliphatic rings. The van der Waals surface area contributed by atoms with Gasteiger partial charge in [0.05, 0.1) is 8.95 Å². The van der Waals surface area contributed by atoms with Crippen LogP contribution in [0.4, 0.5) is 13.2 Å². The van der Waals surface area contributed by atoms with Crippen molar-refractivity contribution in [2.45, 2.75) is 25.1 Å². The van der Waals surface area contributed by atoms with Gasteiger partial charge in [-0.15, -0.1) is 0 Å². The predicted octanol–water partition coefficient (Wildman–Crippen LogP) is 4.26. The number of hydrogen-bond donors (Lipinski definition) is 2. The van der Waals surface area contributed by atoms with E-state index in [9.17, 15) is 18.3 Å². The Kier molecular flexibility index (Phi) is 4.86. The fourth-order valence-corrected chi connectivity index (χ4v) is 2.51. The maximum Gasteiger partial charge on any atom is 0.389 e. The van der Waals surface area contributed by atoms with Crippen LogP contribution in [-0.4, -0.2) is 11.3 Å². The van der Waals surface area contributed by atoms with E-state index in [4.69, 9.17) is 5.73 Å². The zero-order chi connectivity index (χ0) is 13.2. The number of rotatable bonds is 3. The minimum atomic E-state index is -4.21. The van der Waals surface area contributed by atoms with Crippen LogP contribution in [0.15, 0.2) is 21.1 Å². The number of hydrogen-bond acceptors (Lipinski definition) is 2. The van der Waals surface area contributed by atoms with E-state index < -0.39 is 18.6 Å². The fourth-order valence-electron chi connectivity index (χ4n) is 1.29. The molecule has 0 aliphatic heterocycles. The zero-order valence-electron chi connectivity index (χ0n) is 8.56. The van der Waals surface area contributed by atoms with Gasteiger partial charge in [0.25, 0.3) is 0 Å². The molecule has 17 heavy (non-hydrogen) atoms. The van der Waals surface area contributed by atoms with Crippen molar-refractivity contribution < 1.29 is 18.3 Å². The first kappa shape index (κ1) is 14.8. The van der Waals surface area contributed by atoms with Gasteiger partial charge in [-0.25, -0.2) is 0 Å². The smallest absolute Gasteiger partial charge is 0.389 e. The van der Waals surface area contributed by atoms with E-state index in [1.54, 1.807) is 0 Å². The van der Waals surface area contributed by atoms with E-state index in [1.165, 1.54) is 12.1 Å². The molecule has 1 aromatic carbocycles. The highest BCUT2D eigenvalue weighted by Gasteiger charge is 2.28. The van der Waals surface area contributed by atoms with E-state index >= 15 is 0 Å². The van der Waals surface area contributed by atoms with E-state index in [1.807, 2.05) is 0 Å². The first-order valence-corrected chi connectivity index (χ1v) is 6.29. The lowest BCUT2D eigenvalue weighted by molar-refractivity contribution is -0.136. The summed E-state index contributed by atoms with van der Waals surface area (Å²) in [5.74, 6) is -0.00299. The van der Waals surface area contributed by atoms with Gasteiger partial charge in [0.2, 0.25) is 0 Å². The minimum Gasteiger partial charge on any atom is -0.506 e. The molecule has 0 radical (unpaired) electrons. The maximum atomic E-state index is 12.0. The summed E-state index contributed by atoms with van der Waals surface area (Å²) in [4.78, 5) is 0. The Balaban J connectivity index is 2.79. The van der Waals surface area contributed by atoms with Crippen molar-refractivity contribution in [2.24, 2.45) is 5.73 Å². The largest absolute Gasteiger partial charge is 0.506 e. The van der Waals surface area contributed by atoms with Crippen molar-refractivity contribution in [1.82, 2.24) is 0 Å². The number of nitrogens with two attached hydrogens (primary N) is 1. The average Bonchev–Trinajstić information content (AvgIpc) is 2.20. The second-order valence-corrected chi connectivity index (χ2v) is 5.30. The summed E-state index contributed by atoms with van der Waals surface area (Å²) >= 11 is 6.20. The molecule has 3 N–H and O–H groups in total. The van der Waals surface area contributed by atoms with Crippen LogP contribution < -0.4 is 5.73 Å². The molecular weight excluding hydrogens is 367 g/mol. The zero-order valence-corrected chi connectivity index (χ0v) is 11.7. The summed E-state index contributed by atoms with van der Waals surface area (Å²) in [6, 6.07) is 2.31. The van der Waals surface area contributed by atoms with Gasteiger partial charge in [0, 0.05) is 12.5 Å². The number of benzene rings is 1. The van der Waals surface area contributed by atoms with Crippen LogP contribution in [0.25, 0.3) is 0 Å². The van der Waals surface area contributed by atoms with E-state index in [-0.39, 0.29) is 12.2 Å². The highest BCUT2D eigenvalue weighted by atomic mass is 79.9. The van der Waals surface area contributed by atoms with Crippen molar-refractivity contribution in [3.8, 4) is 5.75 Å². The van der Waals surface area contributed by atoms with Crippen molar-refractivity contribution >= 4 is 31.9 Å². The van der Waals surface area contributed by atoms with E-state index in [2.05, 4.69) is 31.9 Å². The third kappa shape index (κ3) is 4.48. The second kappa shape index (κ2) is 5.58. The SMILES string of the molecule is N[C@H](CCC(F)(F)F)c1cc(Br)c(O)c(Br)c1. The molecule has 1 atom stereocenters. The molecule has 2 nitrogen and oxygen atoms in total. The molecule has 96 valence electrons. The van der Waals surface area contributed by atoms with Gasteiger partial charge >= 0.3 is 6.18 Å². The molecule has 0 fully saturated rings. The average molecular weight is 377 g/mol. The molecule has 0 aromatic heterocycles. The first-order valence-electron chi connectivity index (χ1n) is 4.71. The van der Waals surface area contributed by atoms with Crippen LogP contribution in [0.2, 0.25) is 0 Å². The molecule has 0 heterocycles. The summed E-state index contributed by atoms with van der Waals surface area (Å²) in [7, 11) is 0. The van der Waals surface area contributed by atoms with Crippen LogP contribution in [-0.2, 0) is 0 Å². The van der Waals surface area contributed by atoms with Gasteiger partial charge in [-0.3, -0.25) is 0 Å². The second-order valence-electron chi connectivity index (χ2n) is 3.59. The fraction of sp³-hybridized carbons (Fsp3) is 0.400. The van der Waals surface area contributed by atoms with Gasteiger partial charge in [0.1, 0.15) is 5.75 Å². The third-order valence-corrected chi connectivity index (χ3v) is 3.42. The van der Waals surface area contributed by atoms with Crippen LogP contribution in [0.3, 0.4) is 0 Å². The molecule has 0 spiro atoms. The molecular formula is C10H10Br2F3NO. The summed E-state index contributed by atoms with van der Waals surface area (Å²) < 4.78 is 36.9. The summed E-state index contributed by atoms with van der Waals surface area (Å²) in [5, 5.41) is 9.46. The van der Waals surface area contributed by atoms with E-state index in [0.29, 0.717) is 14.5 Å². The molecule has 0 bridgehead atoms. The van der Waals surface area contributed by atoms with Crippen molar-refractivity contribution in [2.75, 3.05) is 0 Å². The lowest BCUT2D eigenvalue weighted by atomic mass is 10.0. The van der Waals surface area contributed by atoms with Crippen molar-refractivity contribution in [3.63, 3.8) is 0 Å². The Morgan fingerprint density at radius 2 is 1.71 bits per heavy atom. The number of halogens is 5. The van der Waals surface area contributed by atoms with Gasteiger partial charge in [0.15, 0.2) is 0 Å². The monoisotopic (exact) mass is 375 g/mol. The Hall–Kier alpha value is -0.270. The van der Waals surface area contributed by atoms with Crippen molar-refractivity contribution in [1.29, 1.82) is 0 Å². The highest BCUT2D eigenvalue weighted by molar-refractivity contribution is 9.11. The van der Waals surface area contributed by atoms with Gasteiger partial charge in [-0.2, -0.15) is 13.2 Å². The minimum absolute atomic E-state index is 0.00299. The number of alkyl halides is 3. The predicted molar refractivity (Wildman–Crippen MR) is 65.7 cm³/mol. The summed E-state index contributed by atoms with van der Waals surface area (Å²) in [5.41, 5.74) is 6.20. The normalized spacial score (nSPS) is 13.8. The number of phenolic OH excluding ortho intramolecular Hbond substituents is 1. The Morgan fingerprint density at radius 3 is 2.12 bits per heavy atom. The first-order chi connectivity index (χ1) is 7.70. The van der Waals surface area contributed by atoms with Crippen LogP contribution in [0, 0.1) is 0 Å². The summed E-state index contributed by atoms with van der Waals surface area (Å²) in [6.07, 6.45) is -5.32.